The van der Waals surface area contributed by atoms with Gasteiger partial charge in [-0.15, -0.1) is 0 Å². The van der Waals surface area contributed by atoms with E-state index in [0.717, 1.165) is 0 Å². The Hall–Kier alpha value is -1.23. The maximum absolute atomic E-state index is 12.9. The first-order chi connectivity index (χ1) is 8.70. The largest absolute Gasteiger partial charge is 0.493 e. The zero-order valence-corrected chi connectivity index (χ0v) is 11.3. The Labute approximate surface area is 111 Å². The number of halogens is 3. The molecule has 108 valence electrons. The first kappa shape index (κ1) is 15.8. The molecule has 1 rings (SSSR count). The molecule has 1 unspecified atom stereocenters. The number of hydrogen-bond donors (Lipinski definition) is 1. The van der Waals surface area contributed by atoms with Gasteiger partial charge in [0, 0.05) is 0 Å². The summed E-state index contributed by atoms with van der Waals surface area (Å²) in [5, 5.41) is 9.77. The average molecular weight is 276 g/mol. The van der Waals surface area contributed by atoms with Crippen LogP contribution in [-0.4, -0.2) is 17.9 Å². The second-order valence-electron chi connectivity index (χ2n) is 4.94. The topological polar surface area (TPSA) is 29.5 Å². The molecule has 0 saturated heterocycles. The van der Waals surface area contributed by atoms with Crippen LogP contribution < -0.4 is 4.74 Å². The second-order valence-corrected chi connectivity index (χ2v) is 4.94. The maximum atomic E-state index is 12.9. The molecule has 0 amide bonds. The van der Waals surface area contributed by atoms with Crippen LogP contribution in [0.15, 0.2) is 24.3 Å². The maximum Gasteiger partial charge on any atom is 0.421 e. The number of aliphatic hydroxyl groups is 1. The van der Waals surface area contributed by atoms with Crippen molar-refractivity contribution in [2.45, 2.75) is 39.0 Å². The van der Waals surface area contributed by atoms with Gasteiger partial charge in [-0.2, -0.15) is 13.2 Å². The number of rotatable bonds is 5. The summed E-state index contributed by atoms with van der Waals surface area (Å²) in [5.41, 5.74) is -2.97. The predicted octanol–water partition coefficient (Wildman–Crippen LogP) is 3.88. The highest BCUT2D eigenvalue weighted by Crippen LogP contribution is 2.41. The van der Waals surface area contributed by atoms with E-state index in [1.165, 1.54) is 31.2 Å². The first-order valence-electron chi connectivity index (χ1n) is 6.23. The quantitative estimate of drug-likeness (QED) is 0.884. The van der Waals surface area contributed by atoms with Gasteiger partial charge in [0.25, 0.3) is 0 Å². The van der Waals surface area contributed by atoms with E-state index in [9.17, 15) is 18.3 Å². The lowest BCUT2D eigenvalue weighted by Gasteiger charge is -2.29. The second kappa shape index (κ2) is 5.82. The Bertz CT molecular complexity index is 398. The predicted molar refractivity (Wildman–Crippen MR) is 67.0 cm³/mol. The minimum Gasteiger partial charge on any atom is -0.493 e. The van der Waals surface area contributed by atoms with Crippen LogP contribution in [0.5, 0.6) is 5.75 Å². The molecule has 1 aromatic carbocycles. The number of ether oxygens (including phenoxy) is 1. The van der Waals surface area contributed by atoms with Crippen molar-refractivity contribution >= 4 is 0 Å². The van der Waals surface area contributed by atoms with Crippen LogP contribution in [0.3, 0.4) is 0 Å². The normalized spacial score (nSPS) is 15.4. The highest BCUT2D eigenvalue weighted by atomic mass is 19.4. The lowest BCUT2D eigenvalue weighted by molar-refractivity contribution is -0.267. The summed E-state index contributed by atoms with van der Waals surface area (Å²) in [4.78, 5) is 0. The molecule has 1 N–H and O–H groups in total. The molecule has 5 heteroatoms. The molecule has 0 bridgehead atoms. The standard InChI is InChI=1S/C14H19F3O2/c1-4-13(18,14(15,16)17)11-5-7-12(8-6-11)19-9-10(2)3/h5-8,10,18H,4,9H2,1-3H3. The first-order valence-corrected chi connectivity index (χ1v) is 6.23. The van der Waals surface area contributed by atoms with E-state index in [2.05, 4.69) is 0 Å². The zero-order valence-electron chi connectivity index (χ0n) is 11.3. The SMILES string of the molecule is CCC(O)(c1ccc(OCC(C)C)cc1)C(F)(F)F. The van der Waals surface area contributed by atoms with E-state index < -0.39 is 18.2 Å². The molecular formula is C14H19F3O2. The summed E-state index contributed by atoms with van der Waals surface area (Å²) in [7, 11) is 0. The molecule has 0 heterocycles. The summed E-state index contributed by atoms with van der Waals surface area (Å²) in [5.74, 6) is 0.834. The number of hydrogen-bond acceptors (Lipinski definition) is 2. The Kier molecular flexibility index (Phi) is 4.85. The molecule has 0 aromatic heterocycles. The molecule has 0 aliphatic heterocycles. The van der Waals surface area contributed by atoms with Gasteiger partial charge in [-0.1, -0.05) is 32.9 Å². The molecule has 19 heavy (non-hydrogen) atoms. The van der Waals surface area contributed by atoms with Crippen molar-refractivity contribution in [1.29, 1.82) is 0 Å². The fourth-order valence-corrected chi connectivity index (χ4v) is 1.66. The summed E-state index contributed by atoms with van der Waals surface area (Å²) >= 11 is 0. The van der Waals surface area contributed by atoms with E-state index in [-0.39, 0.29) is 5.56 Å². The summed E-state index contributed by atoms with van der Waals surface area (Å²) in [6.45, 7) is 5.76. The monoisotopic (exact) mass is 276 g/mol. The van der Waals surface area contributed by atoms with Crippen molar-refractivity contribution in [3.63, 3.8) is 0 Å². The minimum atomic E-state index is -4.69. The van der Waals surface area contributed by atoms with Crippen molar-refractivity contribution in [3.05, 3.63) is 29.8 Å². The minimum absolute atomic E-state index is 0.167. The van der Waals surface area contributed by atoms with Crippen molar-refractivity contribution in [2.75, 3.05) is 6.61 Å². The van der Waals surface area contributed by atoms with Crippen LogP contribution in [0.1, 0.15) is 32.8 Å². The third kappa shape index (κ3) is 3.62. The van der Waals surface area contributed by atoms with Crippen LogP contribution in [0, 0.1) is 5.92 Å². The van der Waals surface area contributed by atoms with Crippen molar-refractivity contribution in [1.82, 2.24) is 0 Å². The van der Waals surface area contributed by atoms with E-state index in [0.29, 0.717) is 18.3 Å². The molecule has 2 nitrogen and oxygen atoms in total. The van der Waals surface area contributed by atoms with Gasteiger partial charge < -0.3 is 9.84 Å². The van der Waals surface area contributed by atoms with Crippen molar-refractivity contribution in [3.8, 4) is 5.75 Å². The summed E-state index contributed by atoms with van der Waals surface area (Å²) in [6.07, 6.45) is -5.12. The average Bonchev–Trinajstić information content (AvgIpc) is 2.34. The van der Waals surface area contributed by atoms with E-state index >= 15 is 0 Å². The van der Waals surface area contributed by atoms with Crippen molar-refractivity contribution < 1.29 is 23.0 Å². The summed E-state index contributed by atoms with van der Waals surface area (Å²) in [6, 6.07) is 5.41. The molecule has 0 fully saturated rings. The lowest BCUT2D eigenvalue weighted by atomic mass is 9.90. The zero-order chi connectivity index (χ0) is 14.7. The molecule has 0 saturated carbocycles. The van der Waals surface area contributed by atoms with Crippen LogP contribution >= 0.6 is 0 Å². The Balaban J connectivity index is 2.91. The number of alkyl halides is 3. The van der Waals surface area contributed by atoms with E-state index in [1.54, 1.807) is 0 Å². The molecule has 1 aromatic rings. The van der Waals surface area contributed by atoms with Gasteiger partial charge in [-0.25, -0.2) is 0 Å². The van der Waals surface area contributed by atoms with Gasteiger partial charge in [0.1, 0.15) is 5.75 Å². The highest BCUT2D eigenvalue weighted by Gasteiger charge is 2.53. The molecule has 0 radical (unpaired) electrons. The molecule has 0 aliphatic rings. The molecule has 0 aliphatic carbocycles. The van der Waals surface area contributed by atoms with E-state index in [4.69, 9.17) is 4.74 Å². The van der Waals surface area contributed by atoms with Gasteiger partial charge in [0.05, 0.1) is 6.61 Å². The van der Waals surface area contributed by atoms with Crippen LogP contribution in [-0.2, 0) is 5.60 Å². The van der Waals surface area contributed by atoms with Gasteiger partial charge in [-0.3, -0.25) is 0 Å². The van der Waals surface area contributed by atoms with Crippen LogP contribution in [0.4, 0.5) is 13.2 Å². The Morgan fingerprint density at radius 1 is 1.16 bits per heavy atom. The fourth-order valence-electron chi connectivity index (χ4n) is 1.66. The van der Waals surface area contributed by atoms with E-state index in [1.807, 2.05) is 13.8 Å². The summed E-state index contributed by atoms with van der Waals surface area (Å²) < 4.78 is 44.0. The van der Waals surface area contributed by atoms with Crippen molar-refractivity contribution in [2.24, 2.45) is 5.92 Å². The van der Waals surface area contributed by atoms with Gasteiger partial charge >= 0.3 is 6.18 Å². The van der Waals surface area contributed by atoms with Gasteiger partial charge in [0.15, 0.2) is 5.60 Å². The molecule has 0 spiro atoms. The third-order valence-electron chi connectivity index (χ3n) is 2.90. The molecular weight excluding hydrogens is 257 g/mol. The highest BCUT2D eigenvalue weighted by molar-refractivity contribution is 5.31. The fraction of sp³-hybridized carbons (Fsp3) is 0.571. The molecule has 1 atom stereocenters. The van der Waals surface area contributed by atoms with Crippen LogP contribution in [0.2, 0.25) is 0 Å². The van der Waals surface area contributed by atoms with Crippen LogP contribution in [0.25, 0.3) is 0 Å². The Morgan fingerprint density at radius 2 is 1.68 bits per heavy atom. The third-order valence-corrected chi connectivity index (χ3v) is 2.90. The Morgan fingerprint density at radius 3 is 2.05 bits per heavy atom. The van der Waals surface area contributed by atoms with Gasteiger partial charge in [-0.05, 0) is 30.0 Å². The smallest absolute Gasteiger partial charge is 0.421 e. The lowest BCUT2D eigenvalue weighted by Crippen LogP contribution is -2.41. The number of benzene rings is 1. The van der Waals surface area contributed by atoms with Gasteiger partial charge in [0.2, 0.25) is 0 Å².